The van der Waals surface area contributed by atoms with Gasteiger partial charge in [-0.25, -0.2) is 4.79 Å². The predicted molar refractivity (Wildman–Crippen MR) is 85.2 cm³/mol. The Hall–Kier alpha value is -2.18. The maximum Gasteiger partial charge on any atom is 0.356 e. The van der Waals surface area contributed by atoms with Gasteiger partial charge in [-0.15, -0.1) is 0 Å². The van der Waals surface area contributed by atoms with Crippen LogP contribution in [0.3, 0.4) is 0 Å². The molecule has 2 N–H and O–H groups in total. The summed E-state index contributed by atoms with van der Waals surface area (Å²) in [5.74, 6) is -0.962. The first-order valence-corrected chi connectivity index (χ1v) is 7.87. The molecule has 6 nitrogen and oxygen atoms in total. The average molecular weight is 315 g/mol. The van der Waals surface area contributed by atoms with E-state index in [-0.39, 0.29) is 5.69 Å². The molecule has 0 radical (unpaired) electrons. The highest BCUT2D eigenvalue weighted by atomic mass is 16.5. The van der Waals surface area contributed by atoms with E-state index in [4.69, 9.17) is 9.84 Å². The molecular formula is C17H21N3O3. The molecule has 1 aliphatic heterocycles. The smallest absolute Gasteiger partial charge is 0.356 e. The van der Waals surface area contributed by atoms with Crippen LogP contribution < -0.4 is 0 Å². The zero-order valence-corrected chi connectivity index (χ0v) is 13.0. The van der Waals surface area contributed by atoms with Crippen molar-refractivity contribution in [3.05, 3.63) is 52.8 Å². The summed E-state index contributed by atoms with van der Waals surface area (Å²) in [6.45, 7) is 3.81. The van der Waals surface area contributed by atoms with Gasteiger partial charge in [0.05, 0.1) is 6.61 Å². The molecule has 6 heteroatoms. The molecule has 0 unspecified atom stereocenters. The van der Waals surface area contributed by atoms with Gasteiger partial charge in [0.25, 0.3) is 0 Å². The molecule has 122 valence electrons. The molecule has 23 heavy (non-hydrogen) atoms. The summed E-state index contributed by atoms with van der Waals surface area (Å²) in [5, 5.41) is 15.9. The normalized spacial score (nSPS) is 14.6. The number of H-pyrrole nitrogens is 1. The molecule has 2 aromatic rings. The molecule has 0 fully saturated rings. The minimum atomic E-state index is -0.962. The van der Waals surface area contributed by atoms with Crippen LogP contribution in [-0.4, -0.2) is 45.9 Å². The van der Waals surface area contributed by atoms with Crippen molar-refractivity contribution in [1.82, 2.24) is 15.1 Å². The number of hydrogen-bond donors (Lipinski definition) is 2. The number of aromatic amines is 1. The molecule has 2 heterocycles. The molecule has 0 saturated carbocycles. The molecular weight excluding hydrogens is 294 g/mol. The first-order chi connectivity index (χ1) is 11.2. The van der Waals surface area contributed by atoms with Crippen molar-refractivity contribution < 1.29 is 14.6 Å². The average Bonchev–Trinajstić information content (AvgIpc) is 2.99. The SMILES string of the molecule is O=C(O)c1n[nH]c2c1CN(CCCOCc1ccccc1)CC2. The van der Waals surface area contributed by atoms with E-state index in [1.54, 1.807) is 0 Å². The van der Waals surface area contributed by atoms with Crippen molar-refractivity contribution in [2.75, 3.05) is 19.7 Å². The van der Waals surface area contributed by atoms with Crippen LogP contribution in [0.4, 0.5) is 0 Å². The van der Waals surface area contributed by atoms with Gasteiger partial charge in [0, 0.05) is 43.9 Å². The van der Waals surface area contributed by atoms with E-state index >= 15 is 0 Å². The standard InChI is InChI=1S/C17H21N3O3/c21-17(22)16-14-11-20(9-7-15(14)18-19-16)8-4-10-23-12-13-5-2-1-3-6-13/h1-3,5-6H,4,7-12H2,(H,18,19)(H,21,22). The quantitative estimate of drug-likeness (QED) is 0.765. The van der Waals surface area contributed by atoms with E-state index in [1.807, 2.05) is 18.2 Å². The monoisotopic (exact) mass is 315 g/mol. The molecule has 0 spiro atoms. The number of carboxylic acid groups (broad SMARTS) is 1. The molecule has 0 atom stereocenters. The summed E-state index contributed by atoms with van der Waals surface area (Å²) in [7, 11) is 0. The number of aromatic carboxylic acids is 1. The van der Waals surface area contributed by atoms with Gasteiger partial charge in [-0.3, -0.25) is 10.00 Å². The number of nitrogens with one attached hydrogen (secondary N) is 1. The Morgan fingerprint density at radius 1 is 1.35 bits per heavy atom. The summed E-state index contributed by atoms with van der Waals surface area (Å²) >= 11 is 0. The van der Waals surface area contributed by atoms with Crippen LogP contribution in [0, 0.1) is 0 Å². The summed E-state index contributed by atoms with van der Waals surface area (Å²) < 4.78 is 5.69. The van der Waals surface area contributed by atoms with Crippen molar-refractivity contribution in [1.29, 1.82) is 0 Å². The highest BCUT2D eigenvalue weighted by molar-refractivity contribution is 5.87. The van der Waals surface area contributed by atoms with Crippen molar-refractivity contribution >= 4 is 5.97 Å². The fourth-order valence-corrected chi connectivity index (χ4v) is 2.87. The largest absolute Gasteiger partial charge is 0.476 e. The number of benzene rings is 1. The van der Waals surface area contributed by atoms with E-state index in [1.165, 1.54) is 5.56 Å². The Balaban J connectivity index is 1.41. The number of carbonyl (C=O) groups is 1. The van der Waals surface area contributed by atoms with E-state index in [0.717, 1.165) is 37.2 Å². The van der Waals surface area contributed by atoms with E-state index in [9.17, 15) is 4.79 Å². The van der Waals surface area contributed by atoms with Crippen LogP contribution in [0.2, 0.25) is 0 Å². The molecule has 0 amide bonds. The van der Waals surface area contributed by atoms with Crippen LogP contribution in [-0.2, 0) is 24.3 Å². The number of hydrogen-bond acceptors (Lipinski definition) is 4. The van der Waals surface area contributed by atoms with Crippen molar-refractivity contribution in [3.8, 4) is 0 Å². The lowest BCUT2D eigenvalue weighted by Crippen LogP contribution is -2.32. The first-order valence-electron chi connectivity index (χ1n) is 7.87. The van der Waals surface area contributed by atoms with Crippen LogP contribution >= 0.6 is 0 Å². The van der Waals surface area contributed by atoms with E-state index in [2.05, 4.69) is 27.2 Å². The zero-order chi connectivity index (χ0) is 16.1. The van der Waals surface area contributed by atoms with Crippen molar-refractivity contribution in [3.63, 3.8) is 0 Å². The summed E-state index contributed by atoms with van der Waals surface area (Å²) in [5.41, 5.74) is 3.12. The van der Waals surface area contributed by atoms with E-state index in [0.29, 0.717) is 19.8 Å². The third-order valence-corrected chi connectivity index (χ3v) is 4.09. The van der Waals surface area contributed by atoms with Gasteiger partial charge in [0.15, 0.2) is 5.69 Å². The molecule has 0 aliphatic carbocycles. The number of rotatable bonds is 7. The molecule has 3 rings (SSSR count). The number of nitrogens with zero attached hydrogens (tertiary/aromatic N) is 2. The topological polar surface area (TPSA) is 78.4 Å². The maximum atomic E-state index is 11.2. The third kappa shape index (κ3) is 3.97. The molecule has 0 bridgehead atoms. The molecule has 1 aliphatic rings. The van der Waals surface area contributed by atoms with Gasteiger partial charge in [0.1, 0.15) is 0 Å². The van der Waals surface area contributed by atoms with Gasteiger partial charge in [0.2, 0.25) is 0 Å². The van der Waals surface area contributed by atoms with Crippen LogP contribution in [0.15, 0.2) is 30.3 Å². The van der Waals surface area contributed by atoms with Crippen molar-refractivity contribution in [2.45, 2.75) is 26.0 Å². The molecule has 1 aromatic heterocycles. The lowest BCUT2D eigenvalue weighted by Gasteiger charge is -2.26. The minimum absolute atomic E-state index is 0.157. The van der Waals surface area contributed by atoms with Crippen LogP contribution in [0.5, 0.6) is 0 Å². The van der Waals surface area contributed by atoms with Gasteiger partial charge in [-0.05, 0) is 12.0 Å². The summed E-state index contributed by atoms with van der Waals surface area (Å²) in [4.78, 5) is 13.4. The van der Waals surface area contributed by atoms with Gasteiger partial charge in [-0.2, -0.15) is 5.10 Å². The maximum absolute atomic E-state index is 11.2. The lowest BCUT2D eigenvalue weighted by molar-refractivity contribution is 0.0687. The van der Waals surface area contributed by atoms with Crippen LogP contribution in [0.25, 0.3) is 0 Å². The number of carboxylic acids is 1. The van der Waals surface area contributed by atoms with Gasteiger partial charge in [-0.1, -0.05) is 30.3 Å². The van der Waals surface area contributed by atoms with E-state index < -0.39 is 5.97 Å². The highest BCUT2D eigenvalue weighted by Gasteiger charge is 2.24. The fraction of sp³-hybridized carbons (Fsp3) is 0.412. The Kier molecular flexibility index (Phi) is 5.05. The Labute approximate surface area is 135 Å². The Morgan fingerprint density at radius 3 is 2.96 bits per heavy atom. The lowest BCUT2D eigenvalue weighted by atomic mass is 10.1. The predicted octanol–water partition coefficient (Wildman–Crippen LogP) is 2.07. The second-order valence-corrected chi connectivity index (χ2v) is 5.75. The second-order valence-electron chi connectivity index (χ2n) is 5.75. The molecule has 1 aromatic carbocycles. The van der Waals surface area contributed by atoms with Crippen molar-refractivity contribution in [2.24, 2.45) is 0 Å². The third-order valence-electron chi connectivity index (χ3n) is 4.09. The number of aromatic nitrogens is 2. The zero-order valence-electron chi connectivity index (χ0n) is 13.0. The number of fused-ring (bicyclic) bond motifs is 1. The summed E-state index contributed by atoms with van der Waals surface area (Å²) in [6, 6.07) is 10.1. The summed E-state index contributed by atoms with van der Waals surface area (Å²) in [6.07, 6.45) is 1.75. The van der Waals surface area contributed by atoms with Gasteiger partial charge >= 0.3 is 5.97 Å². The first kappa shape index (κ1) is 15.7. The van der Waals surface area contributed by atoms with Crippen LogP contribution in [0.1, 0.15) is 33.7 Å². The Bertz CT molecular complexity index is 654. The number of ether oxygens (including phenoxy) is 1. The second kappa shape index (κ2) is 7.39. The minimum Gasteiger partial charge on any atom is -0.476 e. The van der Waals surface area contributed by atoms with Gasteiger partial charge < -0.3 is 9.84 Å². The highest BCUT2D eigenvalue weighted by Crippen LogP contribution is 2.20. The molecule has 0 saturated heterocycles. The Morgan fingerprint density at radius 2 is 2.17 bits per heavy atom. The fourth-order valence-electron chi connectivity index (χ4n) is 2.87.